The van der Waals surface area contributed by atoms with E-state index in [2.05, 4.69) is 6.92 Å². The van der Waals surface area contributed by atoms with Crippen molar-refractivity contribution in [3.63, 3.8) is 0 Å². The first-order chi connectivity index (χ1) is 6.39. The zero-order valence-electron chi connectivity index (χ0n) is 10.2. The van der Waals surface area contributed by atoms with E-state index >= 15 is 0 Å². The highest BCUT2D eigenvalue weighted by molar-refractivity contribution is 6.08. The predicted molar refractivity (Wildman–Crippen MR) is 60.9 cm³/mol. The van der Waals surface area contributed by atoms with E-state index < -0.39 is 0 Å². The van der Waals surface area contributed by atoms with Crippen molar-refractivity contribution in [3.05, 3.63) is 0 Å². The first kappa shape index (κ1) is 14.0. The van der Waals surface area contributed by atoms with E-state index in [-0.39, 0.29) is 17.8 Å². The second-order valence-corrected chi connectivity index (χ2v) is 4.51. The lowest BCUT2D eigenvalue weighted by Crippen LogP contribution is -2.37. The summed E-state index contributed by atoms with van der Waals surface area (Å²) in [5.74, 6) is 0. The lowest BCUT2D eigenvalue weighted by atomic mass is 9.91. The average Bonchev–Trinajstić information content (AvgIpc) is 2.00. The minimum absolute atomic E-state index is 0.210. The van der Waals surface area contributed by atoms with E-state index in [1.807, 2.05) is 27.7 Å². The summed E-state index contributed by atoms with van der Waals surface area (Å²) in [5, 5.41) is 0. The van der Waals surface area contributed by atoms with Crippen molar-refractivity contribution in [2.24, 2.45) is 0 Å². The van der Waals surface area contributed by atoms with Crippen molar-refractivity contribution in [3.8, 4) is 0 Å². The van der Waals surface area contributed by atoms with Gasteiger partial charge >= 0.3 is 0 Å². The molecule has 0 aliphatic heterocycles. The predicted octanol–water partition coefficient (Wildman–Crippen LogP) is 2.57. The average molecular weight is 198 g/mol. The molecule has 0 heterocycles. The van der Waals surface area contributed by atoms with Gasteiger partial charge in [-0.15, -0.1) is 0 Å². The smallest absolute Gasteiger partial charge is 0.0883 e. The zero-order valence-corrected chi connectivity index (χ0v) is 10.2. The molecule has 1 atom stereocenters. The molecule has 0 aromatic rings. The van der Waals surface area contributed by atoms with E-state index in [1.165, 1.54) is 0 Å². The van der Waals surface area contributed by atoms with Crippen LogP contribution < -0.4 is 0 Å². The van der Waals surface area contributed by atoms with Crippen molar-refractivity contribution in [2.45, 2.75) is 65.2 Å². The second-order valence-electron chi connectivity index (χ2n) is 4.51. The topological polar surface area (TPSA) is 18.5 Å². The highest BCUT2D eigenvalue weighted by atomic mass is 16.6. The van der Waals surface area contributed by atoms with Gasteiger partial charge < -0.3 is 9.47 Å². The molecule has 0 aliphatic carbocycles. The molecule has 0 aliphatic rings. The molecule has 2 nitrogen and oxygen atoms in total. The Morgan fingerprint density at radius 3 is 2.07 bits per heavy atom. The maximum absolute atomic E-state index is 5.82. The van der Waals surface area contributed by atoms with Crippen molar-refractivity contribution < 1.29 is 9.47 Å². The van der Waals surface area contributed by atoms with Gasteiger partial charge in [0.25, 0.3) is 0 Å². The van der Waals surface area contributed by atoms with E-state index in [1.54, 1.807) is 0 Å². The van der Waals surface area contributed by atoms with Crippen LogP contribution in [0.15, 0.2) is 0 Å². The summed E-state index contributed by atoms with van der Waals surface area (Å²) < 4.78 is 11.4. The summed E-state index contributed by atoms with van der Waals surface area (Å²) in [7, 11) is 5.56. The molecule has 3 heteroatoms. The third-order valence-corrected chi connectivity index (χ3v) is 1.92. The standard InChI is InChI=1S/C11H23BO2/c1-9(2)13-8-11(5,6-7-12)14-10(3)4/h9-10H,6-8H2,1-5H3. The van der Waals surface area contributed by atoms with Gasteiger partial charge in [0.2, 0.25) is 0 Å². The van der Waals surface area contributed by atoms with Crippen LogP contribution in [0, 0.1) is 0 Å². The van der Waals surface area contributed by atoms with Crippen molar-refractivity contribution in [1.82, 2.24) is 0 Å². The minimum Gasteiger partial charge on any atom is -0.376 e. The number of ether oxygens (including phenoxy) is 2. The van der Waals surface area contributed by atoms with Gasteiger partial charge in [0.15, 0.2) is 0 Å². The van der Waals surface area contributed by atoms with E-state index in [9.17, 15) is 0 Å². The van der Waals surface area contributed by atoms with Gasteiger partial charge in [0, 0.05) is 0 Å². The Labute approximate surface area is 89.8 Å². The molecule has 0 fully saturated rings. The lowest BCUT2D eigenvalue weighted by molar-refractivity contribution is -0.123. The highest BCUT2D eigenvalue weighted by Gasteiger charge is 2.25. The largest absolute Gasteiger partial charge is 0.376 e. The maximum Gasteiger partial charge on any atom is 0.0883 e. The van der Waals surface area contributed by atoms with Crippen LogP contribution in [0.5, 0.6) is 0 Å². The fourth-order valence-corrected chi connectivity index (χ4v) is 1.38. The zero-order chi connectivity index (χ0) is 11.2. The number of hydrogen-bond donors (Lipinski definition) is 0. The SMILES string of the molecule is [B]CCC(C)(COC(C)C)OC(C)C. The Hall–Kier alpha value is -0.0151. The van der Waals surface area contributed by atoms with Crippen LogP contribution in [0.1, 0.15) is 41.0 Å². The summed E-state index contributed by atoms with van der Waals surface area (Å²) in [6.07, 6.45) is 1.91. The van der Waals surface area contributed by atoms with Crippen LogP contribution in [-0.2, 0) is 9.47 Å². The molecule has 2 radical (unpaired) electrons. The molecule has 0 aromatic carbocycles. The van der Waals surface area contributed by atoms with Gasteiger partial charge in [-0.1, -0.05) is 6.32 Å². The van der Waals surface area contributed by atoms with E-state index in [0.29, 0.717) is 12.9 Å². The molecular formula is C11H23BO2. The summed E-state index contributed by atoms with van der Waals surface area (Å²) in [5.41, 5.74) is -0.243. The molecule has 0 saturated heterocycles. The Morgan fingerprint density at radius 2 is 1.71 bits per heavy atom. The molecule has 82 valence electrons. The normalized spacial score (nSPS) is 16.2. The van der Waals surface area contributed by atoms with Gasteiger partial charge in [-0.25, -0.2) is 0 Å². The van der Waals surface area contributed by atoms with Crippen molar-refractivity contribution in [1.29, 1.82) is 0 Å². The summed E-state index contributed by atoms with van der Waals surface area (Å²) in [6, 6.07) is 0. The maximum atomic E-state index is 5.82. The van der Waals surface area contributed by atoms with Crippen LogP contribution in [0.2, 0.25) is 6.32 Å². The van der Waals surface area contributed by atoms with Crippen molar-refractivity contribution in [2.75, 3.05) is 6.61 Å². The minimum atomic E-state index is -0.243. The second kappa shape index (κ2) is 6.47. The molecule has 1 unspecified atom stereocenters. The van der Waals surface area contributed by atoms with Gasteiger partial charge in [-0.2, -0.15) is 0 Å². The van der Waals surface area contributed by atoms with Crippen molar-refractivity contribution >= 4 is 7.85 Å². The van der Waals surface area contributed by atoms with Gasteiger partial charge in [0.05, 0.1) is 32.3 Å². The van der Waals surface area contributed by atoms with Crippen LogP contribution in [-0.4, -0.2) is 32.3 Å². The Bertz CT molecular complexity index is 148. The summed E-state index contributed by atoms with van der Waals surface area (Å²) in [6.45, 7) is 10.8. The first-order valence-electron chi connectivity index (χ1n) is 5.39. The summed E-state index contributed by atoms with van der Waals surface area (Å²) >= 11 is 0. The highest BCUT2D eigenvalue weighted by Crippen LogP contribution is 2.20. The number of hydrogen-bond acceptors (Lipinski definition) is 2. The Kier molecular flexibility index (Phi) is 6.46. The third-order valence-electron chi connectivity index (χ3n) is 1.92. The van der Waals surface area contributed by atoms with Gasteiger partial charge in [-0.3, -0.25) is 0 Å². The molecule has 14 heavy (non-hydrogen) atoms. The molecular weight excluding hydrogens is 175 g/mol. The van der Waals surface area contributed by atoms with Crippen LogP contribution >= 0.6 is 0 Å². The Balaban J connectivity index is 4.08. The van der Waals surface area contributed by atoms with Crippen LogP contribution in [0.3, 0.4) is 0 Å². The first-order valence-corrected chi connectivity index (χ1v) is 5.39. The molecule has 0 saturated carbocycles. The molecule has 0 aromatic heterocycles. The molecule has 0 amide bonds. The van der Waals surface area contributed by atoms with Crippen LogP contribution in [0.4, 0.5) is 0 Å². The number of rotatable bonds is 7. The van der Waals surface area contributed by atoms with Crippen LogP contribution in [0.25, 0.3) is 0 Å². The molecule has 0 spiro atoms. The fourth-order valence-electron chi connectivity index (χ4n) is 1.38. The van der Waals surface area contributed by atoms with E-state index in [4.69, 9.17) is 17.3 Å². The summed E-state index contributed by atoms with van der Waals surface area (Å²) in [4.78, 5) is 0. The Morgan fingerprint density at radius 1 is 1.14 bits per heavy atom. The fraction of sp³-hybridized carbons (Fsp3) is 1.00. The molecule has 0 N–H and O–H groups in total. The van der Waals surface area contributed by atoms with Gasteiger partial charge in [0.1, 0.15) is 0 Å². The third kappa shape index (κ3) is 6.44. The monoisotopic (exact) mass is 198 g/mol. The van der Waals surface area contributed by atoms with Gasteiger partial charge in [-0.05, 0) is 41.0 Å². The molecule has 0 rings (SSSR count). The van der Waals surface area contributed by atoms with E-state index in [0.717, 1.165) is 6.42 Å². The molecule has 0 bridgehead atoms. The quantitative estimate of drug-likeness (QED) is 0.585. The lowest BCUT2D eigenvalue weighted by Gasteiger charge is -2.32.